The maximum Gasteiger partial charge on any atom is 0.184 e. The van der Waals surface area contributed by atoms with Crippen LogP contribution in [-0.2, 0) is 21.0 Å². The van der Waals surface area contributed by atoms with Crippen LogP contribution in [0.5, 0.6) is 5.75 Å². The highest BCUT2D eigenvalue weighted by Gasteiger charge is 2.42. The SMILES string of the molecule is CCOC(O)c1cc(C2(C)c3cc(C(C)(C)C)ccc3-c3ccc(C(C)(C)C)cc32)ccc1O. The molecule has 1 atom stereocenters. The summed E-state index contributed by atoms with van der Waals surface area (Å²) in [5.74, 6) is 0.0404. The van der Waals surface area contributed by atoms with Gasteiger partial charge in [0.1, 0.15) is 5.75 Å². The van der Waals surface area contributed by atoms with Crippen molar-refractivity contribution in [3.05, 3.63) is 88.0 Å². The Kier molecular flexibility index (Phi) is 5.95. The Bertz CT molecular complexity index is 1160. The lowest BCUT2D eigenvalue weighted by Gasteiger charge is -2.32. The zero-order valence-corrected chi connectivity index (χ0v) is 21.8. The third-order valence-corrected chi connectivity index (χ3v) is 7.33. The quantitative estimate of drug-likeness (QED) is 0.402. The third kappa shape index (κ3) is 3.95. The lowest BCUT2D eigenvalue weighted by Crippen LogP contribution is -2.25. The molecule has 3 heteroatoms. The molecule has 180 valence electrons. The number of hydrogen-bond donors (Lipinski definition) is 2. The van der Waals surface area contributed by atoms with E-state index in [-0.39, 0.29) is 16.6 Å². The summed E-state index contributed by atoms with van der Waals surface area (Å²) in [7, 11) is 0. The van der Waals surface area contributed by atoms with Gasteiger partial charge in [0.05, 0.1) is 0 Å². The lowest BCUT2D eigenvalue weighted by atomic mass is 9.71. The summed E-state index contributed by atoms with van der Waals surface area (Å²) in [6, 6.07) is 19.2. The molecule has 0 radical (unpaired) electrons. The molecule has 1 unspecified atom stereocenters. The van der Waals surface area contributed by atoms with Crippen LogP contribution in [0.25, 0.3) is 11.1 Å². The summed E-state index contributed by atoms with van der Waals surface area (Å²) in [4.78, 5) is 0. The Hall–Kier alpha value is -2.62. The van der Waals surface area contributed by atoms with Crippen molar-refractivity contribution < 1.29 is 14.9 Å². The zero-order valence-electron chi connectivity index (χ0n) is 21.8. The van der Waals surface area contributed by atoms with E-state index in [4.69, 9.17) is 4.74 Å². The van der Waals surface area contributed by atoms with Crippen molar-refractivity contribution in [2.45, 2.75) is 77.9 Å². The number of hydrogen-bond acceptors (Lipinski definition) is 3. The molecule has 0 aromatic heterocycles. The van der Waals surface area contributed by atoms with Gasteiger partial charge >= 0.3 is 0 Å². The Morgan fingerprint density at radius 3 is 1.74 bits per heavy atom. The molecule has 3 aromatic rings. The molecule has 3 aromatic carbocycles. The molecule has 1 aliphatic carbocycles. The van der Waals surface area contributed by atoms with E-state index in [1.54, 1.807) is 6.07 Å². The zero-order chi connectivity index (χ0) is 25.1. The number of ether oxygens (including phenoxy) is 1. The van der Waals surface area contributed by atoms with Crippen LogP contribution >= 0.6 is 0 Å². The van der Waals surface area contributed by atoms with Gasteiger partial charge in [0.25, 0.3) is 0 Å². The summed E-state index contributed by atoms with van der Waals surface area (Å²) in [6.45, 7) is 17.9. The second-order valence-electron chi connectivity index (χ2n) is 11.7. The molecule has 2 N–H and O–H groups in total. The molecule has 3 nitrogen and oxygen atoms in total. The third-order valence-electron chi connectivity index (χ3n) is 7.33. The van der Waals surface area contributed by atoms with E-state index in [1.165, 1.54) is 33.4 Å². The predicted molar refractivity (Wildman–Crippen MR) is 140 cm³/mol. The van der Waals surface area contributed by atoms with Gasteiger partial charge in [-0.25, -0.2) is 0 Å². The molecule has 4 rings (SSSR count). The number of phenolic OH excluding ortho intramolecular Hbond substituents is 1. The van der Waals surface area contributed by atoms with Crippen LogP contribution in [0.3, 0.4) is 0 Å². The van der Waals surface area contributed by atoms with Crippen LogP contribution in [0.15, 0.2) is 54.6 Å². The van der Waals surface area contributed by atoms with E-state index < -0.39 is 11.7 Å². The molecule has 34 heavy (non-hydrogen) atoms. The van der Waals surface area contributed by atoms with Crippen LogP contribution in [0.2, 0.25) is 0 Å². The second kappa shape index (κ2) is 8.25. The van der Waals surface area contributed by atoms with Gasteiger partial charge in [-0.1, -0.05) is 84.0 Å². The van der Waals surface area contributed by atoms with Crippen molar-refractivity contribution >= 4 is 0 Å². The van der Waals surface area contributed by atoms with Crippen LogP contribution in [0.1, 0.15) is 95.1 Å². The van der Waals surface area contributed by atoms with Crippen molar-refractivity contribution in [3.8, 4) is 16.9 Å². The predicted octanol–water partition coefficient (Wildman–Crippen LogP) is 7.35. The molecule has 0 fully saturated rings. The van der Waals surface area contributed by atoms with Gasteiger partial charge in [0.15, 0.2) is 6.29 Å². The first-order valence-corrected chi connectivity index (χ1v) is 12.2. The van der Waals surface area contributed by atoms with E-state index in [0.29, 0.717) is 12.2 Å². The minimum atomic E-state index is -1.17. The highest BCUT2D eigenvalue weighted by molar-refractivity contribution is 5.84. The largest absolute Gasteiger partial charge is 0.507 e. The maximum absolute atomic E-state index is 10.6. The Labute approximate surface area is 204 Å². The summed E-state index contributed by atoms with van der Waals surface area (Å²) >= 11 is 0. The van der Waals surface area contributed by atoms with E-state index in [2.05, 4.69) is 84.9 Å². The first-order chi connectivity index (χ1) is 15.8. The van der Waals surface area contributed by atoms with Crippen molar-refractivity contribution in [1.82, 2.24) is 0 Å². The monoisotopic (exact) mass is 458 g/mol. The van der Waals surface area contributed by atoms with Gasteiger partial charge in [0.2, 0.25) is 0 Å². The molecule has 0 heterocycles. The van der Waals surface area contributed by atoms with E-state index in [0.717, 1.165) is 5.56 Å². The summed E-state index contributed by atoms with van der Waals surface area (Å²) in [5, 5.41) is 21.1. The van der Waals surface area contributed by atoms with E-state index in [1.807, 2.05) is 19.1 Å². The van der Waals surface area contributed by atoms with Crippen LogP contribution in [0.4, 0.5) is 0 Å². The van der Waals surface area contributed by atoms with Crippen molar-refractivity contribution in [3.63, 3.8) is 0 Å². The number of aliphatic hydroxyl groups excluding tert-OH is 1. The number of fused-ring (bicyclic) bond motifs is 3. The average molecular weight is 459 g/mol. The lowest BCUT2D eigenvalue weighted by molar-refractivity contribution is -0.0990. The number of aliphatic hydroxyl groups is 1. The first-order valence-electron chi connectivity index (χ1n) is 12.2. The number of benzene rings is 3. The van der Waals surface area contributed by atoms with Crippen LogP contribution in [0, 0.1) is 0 Å². The van der Waals surface area contributed by atoms with Crippen LogP contribution in [-0.4, -0.2) is 16.8 Å². The Morgan fingerprint density at radius 2 is 1.29 bits per heavy atom. The van der Waals surface area contributed by atoms with E-state index >= 15 is 0 Å². The van der Waals surface area contributed by atoms with Gasteiger partial charge < -0.3 is 14.9 Å². The number of rotatable bonds is 4. The van der Waals surface area contributed by atoms with Crippen molar-refractivity contribution in [1.29, 1.82) is 0 Å². The maximum atomic E-state index is 10.6. The number of phenols is 1. The molecule has 0 saturated carbocycles. The summed E-state index contributed by atoms with van der Waals surface area (Å²) in [5.41, 5.74) is 8.58. The highest BCUT2D eigenvalue weighted by atomic mass is 16.6. The fourth-order valence-corrected chi connectivity index (χ4v) is 5.09. The summed E-state index contributed by atoms with van der Waals surface area (Å²) in [6.07, 6.45) is -1.17. The minimum Gasteiger partial charge on any atom is -0.507 e. The molecule has 0 spiro atoms. The molecule has 1 aliphatic rings. The second-order valence-corrected chi connectivity index (χ2v) is 11.7. The molecule has 0 amide bonds. The van der Waals surface area contributed by atoms with Gasteiger partial charge in [-0.3, -0.25) is 0 Å². The Morgan fingerprint density at radius 1 is 0.794 bits per heavy atom. The van der Waals surface area contributed by atoms with Crippen LogP contribution < -0.4 is 0 Å². The molecule has 0 bridgehead atoms. The molecule has 0 saturated heterocycles. The van der Waals surface area contributed by atoms with Gasteiger partial charge in [-0.2, -0.15) is 0 Å². The molecular weight excluding hydrogens is 420 g/mol. The van der Waals surface area contributed by atoms with Gasteiger partial charge in [-0.05, 0) is 75.8 Å². The smallest absolute Gasteiger partial charge is 0.184 e. The fraction of sp³-hybridized carbons (Fsp3) is 0.419. The highest BCUT2D eigenvalue weighted by Crippen LogP contribution is 2.54. The summed E-state index contributed by atoms with van der Waals surface area (Å²) < 4.78 is 5.42. The minimum absolute atomic E-state index is 0.0204. The first kappa shape index (κ1) is 24.5. The van der Waals surface area contributed by atoms with Gasteiger partial charge in [-0.15, -0.1) is 0 Å². The Balaban J connectivity index is 2.02. The van der Waals surface area contributed by atoms with Gasteiger partial charge in [0, 0.05) is 17.6 Å². The van der Waals surface area contributed by atoms with E-state index in [9.17, 15) is 10.2 Å². The molecular formula is C31H38O3. The van der Waals surface area contributed by atoms with Crippen molar-refractivity contribution in [2.24, 2.45) is 0 Å². The molecule has 0 aliphatic heterocycles. The van der Waals surface area contributed by atoms with Crippen molar-refractivity contribution in [2.75, 3.05) is 6.61 Å². The fourth-order valence-electron chi connectivity index (χ4n) is 5.09. The average Bonchev–Trinajstić information content (AvgIpc) is 3.02. The standard InChI is InChI=1S/C31H38O3/c1-9-34-28(33)24-16-21(12-15-27(24)32)31(8)25-17-19(29(2,3)4)10-13-22(25)23-14-11-20(18-26(23)31)30(5,6)7/h10-18,28,32-33H,9H2,1-8H3. The normalized spacial score (nSPS) is 15.7. The number of aromatic hydroxyl groups is 1. The topological polar surface area (TPSA) is 49.7 Å².